The lowest BCUT2D eigenvalue weighted by molar-refractivity contribution is -0.384. The normalized spacial score (nSPS) is 14.7. The first-order valence-electron chi connectivity index (χ1n) is 9.38. The topological polar surface area (TPSA) is 92.6 Å². The molecule has 1 N–H and O–H groups in total. The Bertz CT molecular complexity index is 1000. The third-order valence-electron chi connectivity index (χ3n) is 4.75. The second-order valence-corrected chi connectivity index (χ2v) is 8.02. The Morgan fingerprint density at radius 1 is 1.07 bits per heavy atom. The van der Waals surface area contributed by atoms with E-state index in [1.54, 1.807) is 29.2 Å². The van der Waals surface area contributed by atoms with Crippen LogP contribution in [-0.2, 0) is 4.79 Å². The summed E-state index contributed by atoms with van der Waals surface area (Å²) in [7, 11) is 0. The van der Waals surface area contributed by atoms with Gasteiger partial charge in [0.15, 0.2) is 0 Å². The number of likely N-dealkylation sites (tertiary alicyclic amines) is 1. The third-order valence-corrected chi connectivity index (χ3v) is 5.81. The Kier molecular flexibility index (Phi) is 7.23. The molecule has 0 saturated carbocycles. The maximum atomic E-state index is 13.2. The molecular weight excluding hydrogens is 474 g/mol. The summed E-state index contributed by atoms with van der Waals surface area (Å²) in [6.07, 6.45) is 2.84. The van der Waals surface area contributed by atoms with Gasteiger partial charge >= 0.3 is 0 Å². The Balaban J connectivity index is 1.95. The molecule has 0 aromatic heterocycles. The molecular formula is C21H19BrClN3O4. The van der Waals surface area contributed by atoms with Gasteiger partial charge in [-0.3, -0.25) is 19.7 Å². The molecule has 0 radical (unpaired) electrons. The van der Waals surface area contributed by atoms with E-state index >= 15 is 0 Å². The summed E-state index contributed by atoms with van der Waals surface area (Å²) < 4.78 is 0.245. The predicted molar refractivity (Wildman–Crippen MR) is 118 cm³/mol. The lowest BCUT2D eigenvalue weighted by Gasteiger charge is -2.28. The van der Waals surface area contributed by atoms with Crippen molar-refractivity contribution in [1.29, 1.82) is 0 Å². The Morgan fingerprint density at radius 2 is 1.73 bits per heavy atom. The average molecular weight is 493 g/mol. The van der Waals surface area contributed by atoms with Gasteiger partial charge in [0.1, 0.15) is 5.70 Å². The van der Waals surface area contributed by atoms with Crippen molar-refractivity contribution in [3.05, 3.63) is 79.9 Å². The summed E-state index contributed by atoms with van der Waals surface area (Å²) in [5.74, 6) is -0.943. The number of nitrogens with one attached hydrogen (secondary N) is 1. The van der Waals surface area contributed by atoms with Gasteiger partial charge in [0.25, 0.3) is 17.5 Å². The molecule has 156 valence electrons. The first-order chi connectivity index (χ1) is 14.4. The number of rotatable bonds is 5. The zero-order chi connectivity index (χ0) is 21.7. The number of carbonyl (C=O) groups excluding carboxylic acids is 2. The van der Waals surface area contributed by atoms with E-state index in [4.69, 9.17) is 11.6 Å². The number of hydrogen-bond acceptors (Lipinski definition) is 4. The molecule has 0 spiro atoms. The van der Waals surface area contributed by atoms with Crippen LogP contribution < -0.4 is 5.32 Å². The number of halogens is 2. The smallest absolute Gasteiger partial charge is 0.271 e. The Morgan fingerprint density at radius 3 is 2.33 bits per heavy atom. The predicted octanol–water partition coefficient (Wildman–Crippen LogP) is 4.71. The van der Waals surface area contributed by atoms with Crippen LogP contribution in [0.4, 0.5) is 5.69 Å². The van der Waals surface area contributed by atoms with Crippen LogP contribution >= 0.6 is 27.5 Å². The number of benzene rings is 2. The number of carbonyl (C=O) groups is 2. The third kappa shape index (κ3) is 5.06. The van der Waals surface area contributed by atoms with E-state index in [2.05, 4.69) is 21.2 Å². The average Bonchev–Trinajstić information content (AvgIpc) is 2.77. The molecule has 0 atom stereocenters. The van der Waals surface area contributed by atoms with E-state index in [9.17, 15) is 19.7 Å². The van der Waals surface area contributed by atoms with Crippen LogP contribution in [0.5, 0.6) is 0 Å². The maximum absolute atomic E-state index is 13.2. The highest BCUT2D eigenvalue weighted by Gasteiger charge is 2.26. The quantitative estimate of drug-likeness (QED) is 0.372. The van der Waals surface area contributed by atoms with Gasteiger partial charge in [-0.2, -0.15) is 0 Å². The second kappa shape index (κ2) is 9.86. The number of nitro groups is 1. The van der Waals surface area contributed by atoms with Crippen LogP contribution in [0.1, 0.15) is 35.2 Å². The van der Waals surface area contributed by atoms with E-state index in [0.29, 0.717) is 18.7 Å². The first-order valence-corrected chi connectivity index (χ1v) is 10.6. The molecule has 1 heterocycles. The minimum Gasteiger partial charge on any atom is -0.337 e. The Hall–Kier alpha value is -2.71. The molecule has 1 fully saturated rings. The lowest BCUT2D eigenvalue weighted by Crippen LogP contribution is -2.41. The molecule has 2 amide bonds. The van der Waals surface area contributed by atoms with Gasteiger partial charge < -0.3 is 10.2 Å². The molecule has 30 heavy (non-hydrogen) atoms. The van der Waals surface area contributed by atoms with Crippen LogP contribution in [0.15, 0.2) is 58.7 Å². The van der Waals surface area contributed by atoms with Crippen molar-refractivity contribution in [3.8, 4) is 0 Å². The summed E-state index contributed by atoms with van der Waals surface area (Å²) in [4.78, 5) is 38.1. The number of nitrogens with zero attached hydrogens (tertiary/aromatic N) is 2. The molecule has 3 rings (SSSR count). The molecule has 2 aromatic carbocycles. The van der Waals surface area contributed by atoms with Gasteiger partial charge in [0.05, 0.1) is 15.5 Å². The largest absolute Gasteiger partial charge is 0.337 e. The van der Waals surface area contributed by atoms with Crippen molar-refractivity contribution in [3.63, 3.8) is 0 Å². The zero-order valence-corrected chi connectivity index (χ0v) is 18.3. The van der Waals surface area contributed by atoms with Crippen molar-refractivity contribution in [1.82, 2.24) is 10.2 Å². The highest BCUT2D eigenvalue weighted by molar-refractivity contribution is 9.10. The molecule has 0 unspecified atom stereocenters. The Labute approximate surface area is 187 Å². The molecule has 9 heteroatoms. The van der Waals surface area contributed by atoms with E-state index in [-0.39, 0.29) is 32.4 Å². The van der Waals surface area contributed by atoms with Crippen molar-refractivity contribution in [2.75, 3.05) is 13.1 Å². The standard InChI is InChI=1S/C21H19BrClN3O4/c22-17-13-15(26(29)30)9-10-16(17)20(27)24-19(18(23)14-7-3-1-4-8-14)21(28)25-11-5-2-6-12-25/h1,3-4,7-10,13H,2,5-6,11-12H2,(H,24,27)/b19-18-. The highest BCUT2D eigenvalue weighted by atomic mass is 79.9. The lowest BCUT2D eigenvalue weighted by atomic mass is 10.1. The summed E-state index contributed by atoms with van der Waals surface area (Å²) in [5, 5.41) is 13.7. The fourth-order valence-corrected chi connectivity index (χ4v) is 3.97. The van der Waals surface area contributed by atoms with E-state index in [0.717, 1.165) is 19.3 Å². The fraction of sp³-hybridized carbons (Fsp3) is 0.238. The minimum atomic E-state index is -0.591. The number of nitro benzene ring substituents is 1. The number of hydrogen-bond donors (Lipinski definition) is 1. The minimum absolute atomic E-state index is 0.0139. The zero-order valence-electron chi connectivity index (χ0n) is 15.9. The summed E-state index contributed by atoms with van der Waals surface area (Å²) in [6, 6.07) is 12.7. The molecule has 1 aliphatic heterocycles. The second-order valence-electron chi connectivity index (χ2n) is 6.78. The monoisotopic (exact) mass is 491 g/mol. The highest BCUT2D eigenvalue weighted by Crippen LogP contribution is 2.26. The number of piperidine rings is 1. The van der Waals surface area contributed by atoms with Crippen LogP contribution in [0.2, 0.25) is 0 Å². The molecule has 2 aromatic rings. The maximum Gasteiger partial charge on any atom is 0.271 e. The summed E-state index contributed by atoms with van der Waals surface area (Å²) in [6.45, 7) is 1.19. The van der Waals surface area contributed by atoms with Gasteiger partial charge in [0, 0.05) is 29.7 Å². The van der Waals surface area contributed by atoms with Gasteiger partial charge in [0.2, 0.25) is 0 Å². The van der Waals surface area contributed by atoms with Crippen molar-refractivity contribution in [2.24, 2.45) is 0 Å². The van der Waals surface area contributed by atoms with E-state index in [1.165, 1.54) is 18.2 Å². The number of amides is 2. The van der Waals surface area contributed by atoms with Gasteiger partial charge in [-0.1, -0.05) is 41.9 Å². The number of non-ortho nitro benzene ring substituents is 1. The molecule has 0 bridgehead atoms. The van der Waals surface area contributed by atoms with Gasteiger partial charge in [-0.25, -0.2) is 0 Å². The van der Waals surface area contributed by atoms with Crippen LogP contribution in [0.3, 0.4) is 0 Å². The molecule has 0 aliphatic carbocycles. The summed E-state index contributed by atoms with van der Waals surface area (Å²) in [5.41, 5.74) is 0.589. The van der Waals surface area contributed by atoms with Crippen molar-refractivity contribution >= 4 is 50.1 Å². The van der Waals surface area contributed by atoms with Crippen LogP contribution in [0.25, 0.3) is 5.03 Å². The van der Waals surface area contributed by atoms with Crippen LogP contribution in [0, 0.1) is 10.1 Å². The van der Waals surface area contributed by atoms with Crippen molar-refractivity contribution in [2.45, 2.75) is 19.3 Å². The van der Waals surface area contributed by atoms with E-state index in [1.807, 2.05) is 6.07 Å². The van der Waals surface area contributed by atoms with E-state index < -0.39 is 10.8 Å². The fourth-order valence-electron chi connectivity index (χ4n) is 3.17. The SMILES string of the molecule is O=C(N/C(C(=O)N1CCCCC1)=C(\Cl)c1ccccc1)c1ccc([N+](=O)[O-])cc1Br. The molecule has 1 saturated heterocycles. The molecule has 7 nitrogen and oxygen atoms in total. The van der Waals surface area contributed by atoms with Crippen molar-refractivity contribution < 1.29 is 14.5 Å². The summed E-state index contributed by atoms with van der Waals surface area (Å²) >= 11 is 9.73. The van der Waals surface area contributed by atoms with Crippen LogP contribution in [-0.4, -0.2) is 34.7 Å². The van der Waals surface area contributed by atoms with Gasteiger partial charge in [-0.15, -0.1) is 0 Å². The first kappa shape index (κ1) is 22.0. The van der Waals surface area contributed by atoms with Gasteiger partial charge in [-0.05, 0) is 46.8 Å². The molecule has 1 aliphatic rings.